The van der Waals surface area contributed by atoms with Crippen molar-refractivity contribution in [1.82, 2.24) is 25.7 Å². The lowest BCUT2D eigenvalue weighted by atomic mass is 9.87. The van der Waals surface area contributed by atoms with Crippen LogP contribution in [0.15, 0.2) is 59.8 Å². The number of para-hydroxylation sites is 1. The zero-order valence-corrected chi connectivity index (χ0v) is 19.1. The zero-order valence-electron chi connectivity index (χ0n) is 18.3. The van der Waals surface area contributed by atoms with Gasteiger partial charge in [-0.25, -0.2) is 14.8 Å². The van der Waals surface area contributed by atoms with Gasteiger partial charge in [0.25, 0.3) is 5.91 Å². The van der Waals surface area contributed by atoms with Crippen LogP contribution in [-0.4, -0.2) is 45.1 Å². The van der Waals surface area contributed by atoms with Gasteiger partial charge >= 0.3 is 6.03 Å². The molecule has 1 fully saturated rings. The lowest BCUT2D eigenvalue weighted by Crippen LogP contribution is -2.49. The molecule has 170 valence electrons. The van der Waals surface area contributed by atoms with Crippen molar-refractivity contribution in [2.45, 2.75) is 31.0 Å². The molecule has 9 nitrogen and oxygen atoms in total. The van der Waals surface area contributed by atoms with E-state index in [2.05, 4.69) is 26.0 Å². The number of carbonyl (C=O) groups is 3. The number of nitrogens with zero attached hydrogens (tertiary/aromatic N) is 3. The fourth-order valence-corrected chi connectivity index (χ4v) is 4.39. The van der Waals surface area contributed by atoms with E-state index in [1.54, 1.807) is 24.3 Å². The number of carbonyl (C=O) groups excluding carboxylic acids is 3. The first-order valence-electron chi connectivity index (χ1n) is 10.6. The van der Waals surface area contributed by atoms with Crippen LogP contribution in [0.2, 0.25) is 0 Å². The summed E-state index contributed by atoms with van der Waals surface area (Å²) in [5.74, 6) is -0.400. The molecular weight excluding hydrogens is 440 g/mol. The fraction of sp³-hybridized carbons (Fsp3) is 0.261. The number of urea groups is 1. The Bertz CT molecular complexity index is 1210. The quantitative estimate of drug-likeness (QED) is 0.267. The van der Waals surface area contributed by atoms with Crippen LogP contribution in [0.4, 0.5) is 10.6 Å². The smallest absolute Gasteiger partial charge is 0.344 e. The van der Waals surface area contributed by atoms with Gasteiger partial charge in [0.15, 0.2) is 5.16 Å². The minimum Gasteiger partial charge on any atom is -0.370 e. The lowest BCUT2D eigenvalue weighted by Gasteiger charge is -2.25. The molecule has 33 heavy (non-hydrogen) atoms. The van der Waals surface area contributed by atoms with E-state index in [1.807, 2.05) is 44.2 Å². The third-order valence-electron chi connectivity index (χ3n) is 5.38. The average molecular weight is 465 g/mol. The zero-order chi connectivity index (χ0) is 23.4. The molecule has 1 aliphatic heterocycles. The molecule has 3 aromatic rings. The number of hydrogen-bond donors (Lipinski definition) is 3. The maximum atomic E-state index is 13.1. The summed E-state index contributed by atoms with van der Waals surface area (Å²) in [6.07, 6.45) is 0.348. The Morgan fingerprint density at radius 1 is 1.06 bits per heavy atom. The highest BCUT2D eigenvalue weighted by molar-refractivity contribution is 7.99. The van der Waals surface area contributed by atoms with Crippen molar-refractivity contribution in [3.63, 3.8) is 0 Å². The summed E-state index contributed by atoms with van der Waals surface area (Å²) in [5.41, 5.74) is 2.64. The van der Waals surface area contributed by atoms with Gasteiger partial charge in [0.05, 0.1) is 11.3 Å². The summed E-state index contributed by atoms with van der Waals surface area (Å²) in [6, 6.07) is 15.9. The lowest BCUT2D eigenvalue weighted by molar-refractivity contribution is -0.138. The van der Waals surface area contributed by atoms with E-state index in [0.29, 0.717) is 29.5 Å². The number of rotatable bonds is 8. The van der Waals surface area contributed by atoms with Crippen LogP contribution in [0.25, 0.3) is 10.9 Å². The second kappa shape index (κ2) is 9.45. The molecular formula is C23H24N6O3S. The first-order chi connectivity index (χ1) is 16.0. The first-order valence-corrected chi connectivity index (χ1v) is 11.6. The van der Waals surface area contributed by atoms with Crippen molar-refractivity contribution in [2.75, 3.05) is 17.6 Å². The molecule has 0 saturated carbocycles. The number of amides is 4. The maximum Gasteiger partial charge on any atom is 0.344 e. The van der Waals surface area contributed by atoms with E-state index in [4.69, 9.17) is 0 Å². The van der Waals surface area contributed by atoms with Crippen molar-refractivity contribution < 1.29 is 14.4 Å². The Kier molecular flexibility index (Phi) is 6.45. The highest BCUT2D eigenvalue weighted by Gasteiger charge is 2.52. The Balaban J connectivity index is 1.46. The largest absolute Gasteiger partial charge is 0.370 e. The minimum atomic E-state index is -1.21. The summed E-state index contributed by atoms with van der Waals surface area (Å²) in [5, 5.41) is 8.01. The normalized spacial score (nSPS) is 17.8. The second-order valence-electron chi connectivity index (χ2n) is 7.42. The molecule has 1 saturated heterocycles. The number of aromatic nitrogens is 2. The van der Waals surface area contributed by atoms with Crippen LogP contribution in [0.1, 0.15) is 25.8 Å². The molecule has 1 unspecified atom stereocenters. The van der Waals surface area contributed by atoms with Gasteiger partial charge in [-0.15, -0.1) is 0 Å². The molecule has 4 amide bonds. The number of hydrazine groups is 1. The number of hydrogen-bond acceptors (Lipinski definition) is 7. The van der Waals surface area contributed by atoms with E-state index in [0.717, 1.165) is 27.7 Å². The van der Waals surface area contributed by atoms with Crippen molar-refractivity contribution in [1.29, 1.82) is 0 Å². The molecule has 0 radical (unpaired) electrons. The van der Waals surface area contributed by atoms with Crippen LogP contribution in [-0.2, 0) is 15.1 Å². The molecule has 3 N–H and O–H groups in total. The van der Waals surface area contributed by atoms with Crippen molar-refractivity contribution >= 4 is 46.3 Å². The van der Waals surface area contributed by atoms with Gasteiger partial charge in [0.1, 0.15) is 11.4 Å². The van der Waals surface area contributed by atoms with Gasteiger partial charge in [0, 0.05) is 11.9 Å². The predicted octanol–water partition coefficient (Wildman–Crippen LogP) is 3.04. The Morgan fingerprint density at radius 2 is 1.79 bits per heavy atom. The summed E-state index contributed by atoms with van der Waals surface area (Å²) in [6.45, 7) is 4.48. The number of benzene rings is 2. The van der Waals surface area contributed by atoms with E-state index >= 15 is 0 Å². The average Bonchev–Trinajstić information content (AvgIpc) is 3.08. The third kappa shape index (κ3) is 4.34. The van der Waals surface area contributed by atoms with Gasteiger partial charge in [-0.05, 0) is 31.0 Å². The van der Waals surface area contributed by atoms with Crippen LogP contribution >= 0.6 is 11.8 Å². The van der Waals surface area contributed by atoms with Gasteiger partial charge in [-0.3, -0.25) is 15.0 Å². The van der Waals surface area contributed by atoms with Crippen LogP contribution in [0.5, 0.6) is 0 Å². The molecule has 1 aliphatic rings. The minimum absolute atomic E-state index is 0.0641. The Morgan fingerprint density at radius 3 is 2.52 bits per heavy atom. The summed E-state index contributed by atoms with van der Waals surface area (Å²) in [4.78, 5) is 47.3. The number of nitrogens with one attached hydrogen (secondary N) is 3. The number of thioether (sulfide) groups is 1. The number of imide groups is 1. The van der Waals surface area contributed by atoms with Crippen molar-refractivity contribution in [2.24, 2.45) is 0 Å². The molecule has 1 atom stereocenters. The van der Waals surface area contributed by atoms with Crippen LogP contribution in [0.3, 0.4) is 0 Å². The van der Waals surface area contributed by atoms with Crippen molar-refractivity contribution in [3.8, 4) is 0 Å². The van der Waals surface area contributed by atoms with Crippen LogP contribution in [0, 0.1) is 0 Å². The molecule has 4 rings (SSSR count). The van der Waals surface area contributed by atoms with E-state index in [1.165, 1.54) is 0 Å². The molecule has 2 heterocycles. The summed E-state index contributed by atoms with van der Waals surface area (Å²) >= 11 is 1.13. The molecule has 1 aromatic heterocycles. The second-order valence-corrected chi connectivity index (χ2v) is 8.36. The van der Waals surface area contributed by atoms with Gasteiger partial charge in [-0.2, -0.15) is 5.01 Å². The summed E-state index contributed by atoms with van der Waals surface area (Å²) in [7, 11) is 0. The van der Waals surface area contributed by atoms with Gasteiger partial charge in [-0.1, -0.05) is 61.2 Å². The SMILES string of the molecule is CCNc1nc(SCC(=O)NN2C(=O)NC(CC)(c3ccccc3)C2=O)nc2ccccc12. The van der Waals surface area contributed by atoms with E-state index in [-0.39, 0.29) is 5.75 Å². The molecule has 2 aromatic carbocycles. The monoisotopic (exact) mass is 464 g/mol. The number of fused-ring (bicyclic) bond motifs is 1. The number of anilines is 1. The van der Waals surface area contributed by atoms with E-state index < -0.39 is 23.4 Å². The highest BCUT2D eigenvalue weighted by atomic mass is 32.2. The molecule has 0 bridgehead atoms. The fourth-order valence-electron chi connectivity index (χ4n) is 3.75. The summed E-state index contributed by atoms with van der Waals surface area (Å²) < 4.78 is 0. The topological polar surface area (TPSA) is 116 Å². The van der Waals surface area contributed by atoms with Gasteiger partial charge in [0.2, 0.25) is 5.91 Å². The molecule has 0 aliphatic carbocycles. The van der Waals surface area contributed by atoms with Crippen LogP contribution < -0.4 is 16.1 Å². The first kappa shape index (κ1) is 22.5. The molecule has 10 heteroatoms. The van der Waals surface area contributed by atoms with E-state index in [9.17, 15) is 14.4 Å². The third-order valence-corrected chi connectivity index (χ3v) is 6.23. The van der Waals surface area contributed by atoms with Gasteiger partial charge < -0.3 is 10.6 Å². The standard InChI is InChI=1S/C23H24N6O3S/c1-3-23(15-10-6-5-7-11-15)20(31)29(22(32)27-23)28-18(30)14-33-21-25-17-13-9-8-12-16(17)19(26-21)24-4-2/h5-13H,3-4,14H2,1-2H3,(H,27,32)(H,28,30)(H,24,25,26). The maximum absolute atomic E-state index is 13.1. The Labute approximate surface area is 195 Å². The highest BCUT2D eigenvalue weighted by Crippen LogP contribution is 2.31. The van der Waals surface area contributed by atoms with Crippen molar-refractivity contribution in [3.05, 3.63) is 60.2 Å². The Hall–Kier alpha value is -3.66. The molecule has 0 spiro atoms. The predicted molar refractivity (Wildman–Crippen MR) is 126 cm³/mol.